The van der Waals surface area contributed by atoms with Gasteiger partial charge in [-0.2, -0.15) is 0 Å². The van der Waals surface area contributed by atoms with Gasteiger partial charge in [-0.05, 0) is 36.4 Å². The number of likely N-dealkylation sites (tertiary alicyclic amines) is 1. The molecule has 1 N–H and O–H groups in total. The van der Waals surface area contributed by atoms with E-state index in [9.17, 15) is 0 Å². The molecule has 0 aromatic carbocycles. The first-order chi connectivity index (χ1) is 7.95. The fourth-order valence-electron chi connectivity index (χ4n) is 2.32. The summed E-state index contributed by atoms with van der Waals surface area (Å²) in [5.41, 5.74) is 0.428. The first-order valence-corrected chi connectivity index (χ1v) is 6.87. The third-order valence-corrected chi connectivity index (χ3v) is 3.99. The Morgan fingerprint density at radius 3 is 2.41 bits per heavy atom. The quantitative estimate of drug-likeness (QED) is 0.620. The predicted octanol–water partition coefficient (Wildman–Crippen LogP) is 2.27. The number of hydrogen-bond acceptors (Lipinski definition) is 2. The van der Waals surface area contributed by atoms with Crippen molar-refractivity contribution in [3.05, 3.63) is 0 Å². The number of hydrogen-bond donors (Lipinski definition) is 1. The molecule has 1 fully saturated rings. The summed E-state index contributed by atoms with van der Waals surface area (Å²) >= 11 is 5.38. The highest BCUT2D eigenvalue weighted by atomic mass is 32.1. The first kappa shape index (κ1) is 14.7. The Bertz CT molecular complexity index is 242. The van der Waals surface area contributed by atoms with Gasteiger partial charge in [-0.1, -0.05) is 20.8 Å². The molecule has 0 radical (unpaired) electrons. The minimum absolute atomic E-state index is 0.428. The monoisotopic (exact) mass is 258 g/mol. The summed E-state index contributed by atoms with van der Waals surface area (Å²) in [4.78, 5) is 2.28. The fourth-order valence-corrected chi connectivity index (χ4v) is 2.61. The summed E-state index contributed by atoms with van der Waals surface area (Å²) in [6.07, 6.45) is 2.49. The minimum Gasteiger partial charge on any atom is -0.383 e. The summed E-state index contributed by atoms with van der Waals surface area (Å²) in [5.74, 6) is 0.820. The SMILES string of the molecule is COCCNC(=S)N1CCC(C(C)(C)C)CC1. The number of methoxy groups -OCH3 is 1. The maximum Gasteiger partial charge on any atom is 0.169 e. The van der Waals surface area contributed by atoms with Crippen molar-refractivity contribution in [1.82, 2.24) is 10.2 Å². The van der Waals surface area contributed by atoms with Crippen molar-refractivity contribution in [3.8, 4) is 0 Å². The Balaban J connectivity index is 2.29. The summed E-state index contributed by atoms with van der Waals surface area (Å²) in [5, 5.41) is 4.12. The molecule has 0 aromatic heterocycles. The van der Waals surface area contributed by atoms with Gasteiger partial charge in [-0.15, -0.1) is 0 Å². The van der Waals surface area contributed by atoms with E-state index in [-0.39, 0.29) is 0 Å². The van der Waals surface area contributed by atoms with Gasteiger partial charge in [0.15, 0.2) is 5.11 Å². The van der Waals surface area contributed by atoms with Gasteiger partial charge in [0.05, 0.1) is 6.61 Å². The molecule has 1 heterocycles. The second-order valence-electron chi connectivity index (χ2n) is 5.85. The highest BCUT2D eigenvalue weighted by Gasteiger charge is 2.29. The van der Waals surface area contributed by atoms with Crippen LogP contribution in [0.4, 0.5) is 0 Å². The van der Waals surface area contributed by atoms with Crippen molar-refractivity contribution in [3.63, 3.8) is 0 Å². The molecule has 3 nitrogen and oxygen atoms in total. The molecule has 1 aliphatic rings. The Labute approximate surface area is 111 Å². The number of piperidine rings is 1. The van der Waals surface area contributed by atoms with Crippen LogP contribution in [0.15, 0.2) is 0 Å². The first-order valence-electron chi connectivity index (χ1n) is 6.47. The van der Waals surface area contributed by atoms with Gasteiger partial charge < -0.3 is 15.0 Å². The lowest BCUT2D eigenvalue weighted by molar-refractivity contribution is 0.148. The molecule has 1 rings (SSSR count). The maximum atomic E-state index is 5.38. The number of rotatable bonds is 3. The van der Waals surface area contributed by atoms with Crippen LogP contribution in [0.5, 0.6) is 0 Å². The molecule has 0 saturated carbocycles. The highest BCUT2D eigenvalue weighted by Crippen LogP contribution is 2.34. The third-order valence-electron chi connectivity index (χ3n) is 3.59. The Hall–Kier alpha value is -0.350. The number of thiocarbonyl (C=S) groups is 1. The lowest BCUT2D eigenvalue weighted by Gasteiger charge is -2.39. The summed E-state index contributed by atoms with van der Waals surface area (Å²) in [6.45, 7) is 10.7. The van der Waals surface area contributed by atoms with E-state index in [1.54, 1.807) is 7.11 Å². The molecular formula is C13H26N2OS. The van der Waals surface area contributed by atoms with E-state index in [1.807, 2.05) is 0 Å². The smallest absolute Gasteiger partial charge is 0.169 e. The number of nitrogens with one attached hydrogen (secondary N) is 1. The summed E-state index contributed by atoms with van der Waals surface area (Å²) in [7, 11) is 1.71. The van der Waals surface area contributed by atoms with E-state index >= 15 is 0 Å². The number of ether oxygens (including phenoxy) is 1. The van der Waals surface area contributed by atoms with Crippen molar-refractivity contribution in [1.29, 1.82) is 0 Å². The van der Waals surface area contributed by atoms with Crippen molar-refractivity contribution in [2.24, 2.45) is 11.3 Å². The molecule has 17 heavy (non-hydrogen) atoms. The second kappa shape index (κ2) is 6.55. The predicted molar refractivity (Wildman–Crippen MR) is 76.2 cm³/mol. The minimum atomic E-state index is 0.428. The molecule has 0 atom stereocenters. The zero-order valence-corrected chi connectivity index (χ0v) is 12.4. The van der Waals surface area contributed by atoms with Crippen LogP contribution < -0.4 is 5.32 Å². The Kier molecular flexibility index (Phi) is 5.67. The van der Waals surface area contributed by atoms with Gasteiger partial charge in [0.25, 0.3) is 0 Å². The zero-order chi connectivity index (χ0) is 12.9. The normalized spacial score (nSPS) is 18.2. The van der Waals surface area contributed by atoms with Crippen LogP contribution in [0.3, 0.4) is 0 Å². The lowest BCUT2D eigenvalue weighted by atomic mass is 9.75. The van der Waals surface area contributed by atoms with Crippen LogP contribution in [0.1, 0.15) is 33.6 Å². The van der Waals surface area contributed by atoms with E-state index in [0.29, 0.717) is 12.0 Å². The average molecular weight is 258 g/mol. The van der Waals surface area contributed by atoms with Crippen molar-refractivity contribution in [2.75, 3.05) is 33.4 Å². The molecular weight excluding hydrogens is 232 g/mol. The van der Waals surface area contributed by atoms with E-state index in [4.69, 9.17) is 17.0 Å². The Morgan fingerprint density at radius 1 is 1.35 bits per heavy atom. The average Bonchev–Trinajstić information content (AvgIpc) is 2.28. The van der Waals surface area contributed by atoms with Crippen molar-refractivity contribution >= 4 is 17.3 Å². The van der Waals surface area contributed by atoms with Crippen molar-refractivity contribution < 1.29 is 4.74 Å². The molecule has 0 bridgehead atoms. The molecule has 0 unspecified atom stereocenters. The van der Waals surface area contributed by atoms with Gasteiger partial charge in [0.2, 0.25) is 0 Å². The largest absolute Gasteiger partial charge is 0.383 e. The molecule has 0 amide bonds. The maximum absolute atomic E-state index is 5.38. The van der Waals surface area contributed by atoms with Crippen molar-refractivity contribution in [2.45, 2.75) is 33.6 Å². The van der Waals surface area contributed by atoms with Gasteiger partial charge >= 0.3 is 0 Å². The van der Waals surface area contributed by atoms with Crippen LogP contribution in [-0.4, -0.2) is 43.4 Å². The van der Waals surface area contributed by atoms with E-state index in [2.05, 4.69) is 31.0 Å². The molecule has 100 valence electrons. The summed E-state index contributed by atoms with van der Waals surface area (Å²) < 4.78 is 5.00. The van der Waals surface area contributed by atoms with Gasteiger partial charge in [0.1, 0.15) is 0 Å². The highest BCUT2D eigenvalue weighted by molar-refractivity contribution is 7.80. The van der Waals surface area contributed by atoms with Crippen LogP contribution in [0.2, 0.25) is 0 Å². The summed E-state index contributed by atoms with van der Waals surface area (Å²) in [6, 6.07) is 0. The molecule has 0 spiro atoms. The van der Waals surface area contributed by atoms with Crippen LogP contribution in [0, 0.1) is 11.3 Å². The Morgan fingerprint density at radius 2 is 1.94 bits per heavy atom. The van der Waals surface area contributed by atoms with Crippen LogP contribution in [-0.2, 0) is 4.74 Å². The van der Waals surface area contributed by atoms with E-state index < -0.39 is 0 Å². The molecule has 4 heteroatoms. The van der Waals surface area contributed by atoms with Crippen LogP contribution >= 0.6 is 12.2 Å². The van der Waals surface area contributed by atoms with Gasteiger partial charge in [-0.3, -0.25) is 0 Å². The van der Waals surface area contributed by atoms with E-state index in [0.717, 1.165) is 30.7 Å². The van der Waals surface area contributed by atoms with Crippen LogP contribution in [0.25, 0.3) is 0 Å². The molecule has 0 aromatic rings. The van der Waals surface area contributed by atoms with Gasteiger partial charge in [-0.25, -0.2) is 0 Å². The molecule has 1 saturated heterocycles. The fraction of sp³-hybridized carbons (Fsp3) is 0.923. The van der Waals surface area contributed by atoms with E-state index in [1.165, 1.54) is 12.8 Å². The van der Waals surface area contributed by atoms with Gasteiger partial charge in [0, 0.05) is 26.7 Å². The molecule has 1 aliphatic heterocycles. The third kappa shape index (κ3) is 4.80. The zero-order valence-electron chi connectivity index (χ0n) is 11.6. The standard InChI is InChI=1S/C13H26N2OS/c1-13(2,3)11-5-8-15(9-6-11)12(17)14-7-10-16-4/h11H,5-10H2,1-4H3,(H,14,17). The topological polar surface area (TPSA) is 24.5 Å². The number of nitrogens with zero attached hydrogens (tertiary/aromatic N) is 1. The lowest BCUT2D eigenvalue weighted by Crippen LogP contribution is -2.46. The molecule has 0 aliphatic carbocycles. The second-order valence-corrected chi connectivity index (χ2v) is 6.24.